The van der Waals surface area contributed by atoms with Crippen molar-refractivity contribution in [3.05, 3.63) is 23.3 Å². The van der Waals surface area contributed by atoms with E-state index in [2.05, 4.69) is 11.4 Å². The fourth-order valence-corrected chi connectivity index (χ4v) is 2.91. The second kappa shape index (κ2) is 7.50. The van der Waals surface area contributed by atoms with Gasteiger partial charge in [0.1, 0.15) is 11.5 Å². The molecule has 20 heavy (non-hydrogen) atoms. The Bertz CT molecular complexity index is 428. The van der Waals surface area contributed by atoms with Gasteiger partial charge in [-0.05, 0) is 37.4 Å². The normalized spacial score (nSPS) is 18.9. The molecule has 2 rings (SSSR count). The van der Waals surface area contributed by atoms with Gasteiger partial charge in [-0.15, -0.1) is 0 Å². The minimum atomic E-state index is 0.498. The maximum atomic E-state index is 5.63. The zero-order chi connectivity index (χ0) is 14.4. The first kappa shape index (κ1) is 15.1. The van der Waals surface area contributed by atoms with Gasteiger partial charge in [-0.2, -0.15) is 0 Å². The molecule has 0 radical (unpaired) electrons. The molecule has 1 aromatic carbocycles. The summed E-state index contributed by atoms with van der Waals surface area (Å²) in [6.07, 6.45) is 4.81. The van der Waals surface area contributed by atoms with Crippen LogP contribution in [0.1, 0.15) is 30.4 Å². The molecule has 1 aliphatic rings. The van der Waals surface area contributed by atoms with Crippen LogP contribution in [-0.2, 0) is 17.8 Å². The number of ether oxygens (including phenoxy) is 3. The molecular formula is C16H25NO3. The highest BCUT2D eigenvalue weighted by molar-refractivity contribution is 5.50. The van der Waals surface area contributed by atoms with Crippen LogP contribution in [0, 0.1) is 0 Å². The summed E-state index contributed by atoms with van der Waals surface area (Å²) >= 11 is 0. The van der Waals surface area contributed by atoms with E-state index in [-0.39, 0.29) is 0 Å². The predicted octanol–water partition coefficient (Wildman–Crippen LogP) is 2.53. The Morgan fingerprint density at radius 2 is 2.00 bits per heavy atom. The Labute approximate surface area is 121 Å². The molecule has 1 aliphatic heterocycles. The van der Waals surface area contributed by atoms with Crippen LogP contribution in [0.4, 0.5) is 0 Å². The van der Waals surface area contributed by atoms with Crippen molar-refractivity contribution in [2.45, 2.75) is 38.3 Å². The Balaban J connectivity index is 2.24. The SMILES string of the molecule is COCc1c(OC)ccc(CC2CCCCN2)c1OC. The Hall–Kier alpha value is -1.26. The van der Waals surface area contributed by atoms with Crippen LogP contribution in [0.3, 0.4) is 0 Å². The standard InChI is InChI=1S/C16H25NO3/c1-18-11-14-15(19-2)8-7-12(16(14)20-3)10-13-6-4-5-9-17-13/h7-8,13,17H,4-6,9-11H2,1-3H3. The van der Waals surface area contributed by atoms with Gasteiger partial charge in [0.15, 0.2) is 0 Å². The predicted molar refractivity (Wildman–Crippen MR) is 79.6 cm³/mol. The molecule has 4 heteroatoms. The molecule has 1 fully saturated rings. The Kier molecular flexibility index (Phi) is 5.68. The molecule has 0 bridgehead atoms. The lowest BCUT2D eigenvalue weighted by Crippen LogP contribution is -2.35. The van der Waals surface area contributed by atoms with Crippen molar-refractivity contribution in [3.63, 3.8) is 0 Å². The van der Waals surface area contributed by atoms with Crippen molar-refractivity contribution in [2.24, 2.45) is 0 Å². The quantitative estimate of drug-likeness (QED) is 0.868. The highest BCUT2D eigenvalue weighted by atomic mass is 16.5. The first-order valence-electron chi connectivity index (χ1n) is 7.25. The molecule has 0 amide bonds. The fraction of sp³-hybridized carbons (Fsp3) is 0.625. The first-order chi connectivity index (χ1) is 9.80. The van der Waals surface area contributed by atoms with Crippen LogP contribution in [-0.4, -0.2) is 33.9 Å². The third-order valence-electron chi connectivity index (χ3n) is 3.89. The second-order valence-electron chi connectivity index (χ2n) is 5.22. The highest BCUT2D eigenvalue weighted by Crippen LogP contribution is 2.34. The third kappa shape index (κ3) is 3.44. The van der Waals surface area contributed by atoms with Crippen molar-refractivity contribution in [3.8, 4) is 11.5 Å². The van der Waals surface area contributed by atoms with Crippen molar-refractivity contribution in [2.75, 3.05) is 27.9 Å². The topological polar surface area (TPSA) is 39.7 Å². The zero-order valence-electron chi connectivity index (χ0n) is 12.7. The molecule has 1 saturated heterocycles. The van der Waals surface area contributed by atoms with Gasteiger partial charge in [0.25, 0.3) is 0 Å². The van der Waals surface area contributed by atoms with Gasteiger partial charge in [-0.1, -0.05) is 12.5 Å². The number of hydrogen-bond acceptors (Lipinski definition) is 4. The summed E-state index contributed by atoms with van der Waals surface area (Å²) in [6.45, 7) is 1.62. The summed E-state index contributed by atoms with van der Waals surface area (Å²) in [7, 11) is 5.08. The molecule has 4 nitrogen and oxygen atoms in total. The van der Waals surface area contributed by atoms with Crippen LogP contribution in [0.25, 0.3) is 0 Å². The monoisotopic (exact) mass is 279 g/mol. The number of hydrogen-bond donors (Lipinski definition) is 1. The van der Waals surface area contributed by atoms with Gasteiger partial charge in [0.2, 0.25) is 0 Å². The number of nitrogens with one attached hydrogen (secondary N) is 1. The van der Waals surface area contributed by atoms with E-state index in [0.29, 0.717) is 12.6 Å². The lowest BCUT2D eigenvalue weighted by atomic mass is 9.95. The smallest absolute Gasteiger partial charge is 0.131 e. The van der Waals surface area contributed by atoms with Crippen molar-refractivity contribution in [1.82, 2.24) is 5.32 Å². The van der Waals surface area contributed by atoms with E-state index in [1.54, 1.807) is 21.3 Å². The Morgan fingerprint density at radius 3 is 2.60 bits per heavy atom. The molecule has 1 heterocycles. The summed E-state index contributed by atoms with van der Waals surface area (Å²) in [5.74, 6) is 1.72. The van der Waals surface area contributed by atoms with Crippen LogP contribution >= 0.6 is 0 Å². The van der Waals surface area contributed by atoms with E-state index in [1.807, 2.05) is 6.07 Å². The maximum Gasteiger partial charge on any atom is 0.131 e. The molecular weight excluding hydrogens is 254 g/mol. The van der Waals surface area contributed by atoms with Crippen molar-refractivity contribution in [1.29, 1.82) is 0 Å². The van der Waals surface area contributed by atoms with Crippen LogP contribution in [0.15, 0.2) is 12.1 Å². The van der Waals surface area contributed by atoms with E-state index < -0.39 is 0 Å². The molecule has 112 valence electrons. The van der Waals surface area contributed by atoms with Crippen LogP contribution in [0.2, 0.25) is 0 Å². The second-order valence-corrected chi connectivity index (χ2v) is 5.22. The summed E-state index contributed by atoms with van der Waals surface area (Å²) in [6, 6.07) is 4.66. The average molecular weight is 279 g/mol. The van der Waals surface area contributed by atoms with E-state index in [9.17, 15) is 0 Å². The van der Waals surface area contributed by atoms with Crippen molar-refractivity contribution < 1.29 is 14.2 Å². The van der Waals surface area contributed by atoms with Crippen LogP contribution < -0.4 is 14.8 Å². The molecule has 0 aromatic heterocycles. The number of benzene rings is 1. The summed E-state index contributed by atoms with van der Waals surface area (Å²) in [4.78, 5) is 0. The molecule has 0 saturated carbocycles. The zero-order valence-corrected chi connectivity index (χ0v) is 12.7. The summed E-state index contributed by atoms with van der Waals surface area (Å²) in [5, 5.41) is 3.58. The summed E-state index contributed by atoms with van der Waals surface area (Å²) < 4.78 is 16.3. The van der Waals surface area contributed by atoms with E-state index >= 15 is 0 Å². The molecule has 1 N–H and O–H groups in total. The molecule has 1 atom stereocenters. The van der Waals surface area contributed by atoms with E-state index in [0.717, 1.165) is 30.0 Å². The maximum absolute atomic E-state index is 5.63. The molecule has 0 aliphatic carbocycles. The third-order valence-corrected chi connectivity index (χ3v) is 3.89. The minimum absolute atomic E-state index is 0.498. The van der Waals surface area contributed by atoms with Gasteiger partial charge in [0.05, 0.1) is 26.4 Å². The van der Waals surface area contributed by atoms with Gasteiger partial charge in [-0.3, -0.25) is 0 Å². The van der Waals surface area contributed by atoms with Crippen molar-refractivity contribution >= 4 is 0 Å². The van der Waals surface area contributed by atoms with E-state index in [4.69, 9.17) is 14.2 Å². The largest absolute Gasteiger partial charge is 0.496 e. The molecule has 0 spiro atoms. The average Bonchev–Trinajstić information content (AvgIpc) is 2.49. The lowest BCUT2D eigenvalue weighted by molar-refractivity contribution is 0.178. The molecule has 1 aromatic rings. The van der Waals surface area contributed by atoms with E-state index in [1.165, 1.54) is 24.8 Å². The number of piperidine rings is 1. The Morgan fingerprint density at radius 1 is 1.15 bits per heavy atom. The van der Waals surface area contributed by atoms with Gasteiger partial charge in [0, 0.05) is 13.2 Å². The van der Waals surface area contributed by atoms with Crippen LogP contribution in [0.5, 0.6) is 11.5 Å². The number of methoxy groups -OCH3 is 3. The molecule has 1 unspecified atom stereocenters. The fourth-order valence-electron chi connectivity index (χ4n) is 2.91. The van der Waals surface area contributed by atoms with Gasteiger partial charge < -0.3 is 19.5 Å². The number of rotatable bonds is 6. The first-order valence-corrected chi connectivity index (χ1v) is 7.25. The van der Waals surface area contributed by atoms with Gasteiger partial charge >= 0.3 is 0 Å². The highest BCUT2D eigenvalue weighted by Gasteiger charge is 2.19. The minimum Gasteiger partial charge on any atom is -0.496 e. The summed E-state index contributed by atoms with van der Waals surface area (Å²) in [5.41, 5.74) is 2.21. The van der Waals surface area contributed by atoms with Gasteiger partial charge in [-0.25, -0.2) is 0 Å². The lowest BCUT2D eigenvalue weighted by Gasteiger charge is -2.25.